The van der Waals surface area contributed by atoms with Gasteiger partial charge in [0.25, 0.3) is 0 Å². The summed E-state index contributed by atoms with van der Waals surface area (Å²) in [6.07, 6.45) is 5.86. The van der Waals surface area contributed by atoms with Crippen LogP contribution in [0.1, 0.15) is 35.7 Å². The maximum absolute atomic E-state index is 10.7. The van der Waals surface area contributed by atoms with Gasteiger partial charge in [0.15, 0.2) is 0 Å². The Labute approximate surface area is 171 Å². The molecule has 0 atom stereocenters. The van der Waals surface area contributed by atoms with E-state index in [2.05, 4.69) is 24.9 Å². The molecule has 0 spiro atoms. The average Bonchev–Trinajstić information content (AvgIpc) is 3.22. The smallest absolute Gasteiger partial charge is 0.201 e. The van der Waals surface area contributed by atoms with E-state index in [4.69, 9.17) is 0 Å². The second-order valence-corrected chi connectivity index (χ2v) is 8.04. The predicted molar refractivity (Wildman–Crippen MR) is 110 cm³/mol. The lowest BCUT2D eigenvalue weighted by Gasteiger charge is -2.31. The molecular formula is C20H24N6O2S. The van der Waals surface area contributed by atoms with Crippen LogP contribution in [-0.4, -0.2) is 46.4 Å². The molecule has 0 bridgehead atoms. The molecule has 2 aromatic heterocycles. The van der Waals surface area contributed by atoms with Crippen LogP contribution in [0, 0.1) is 0 Å². The van der Waals surface area contributed by atoms with Crippen molar-refractivity contribution in [1.82, 2.24) is 29.6 Å². The topological polar surface area (TPSA) is 93.0 Å². The zero-order valence-electron chi connectivity index (χ0n) is 16.0. The van der Waals surface area contributed by atoms with Crippen molar-refractivity contribution < 1.29 is 8.42 Å². The molecule has 1 aromatic carbocycles. The fourth-order valence-corrected chi connectivity index (χ4v) is 4.02. The van der Waals surface area contributed by atoms with E-state index in [0.29, 0.717) is 5.92 Å². The molecule has 1 N–H and O–H groups in total. The van der Waals surface area contributed by atoms with E-state index in [9.17, 15) is 8.42 Å². The molecule has 152 valence electrons. The molecule has 29 heavy (non-hydrogen) atoms. The Kier molecular flexibility index (Phi) is 6.28. The molecule has 1 aliphatic heterocycles. The van der Waals surface area contributed by atoms with E-state index in [1.54, 1.807) is 6.20 Å². The molecule has 1 saturated heterocycles. The summed E-state index contributed by atoms with van der Waals surface area (Å²) in [5.74, 6) is 0.467. The van der Waals surface area contributed by atoms with E-state index in [-0.39, 0.29) is 6.54 Å². The summed E-state index contributed by atoms with van der Waals surface area (Å²) < 4.78 is 25.6. The first-order valence-electron chi connectivity index (χ1n) is 9.69. The number of aromatic nitrogens is 4. The Morgan fingerprint density at radius 1 is 1.07 bits per heavy atom. The lowest BCUT2D eigenvalue weighted by Crippen LogP contribution is -2.32. The molecular weight excluding hydrogens is 388 g/mol. The number of hydrogen-bond acceptors (Lipinski definition) is 6. The van der Waals surface area contributed by atoms with Gasteiger partial charge in [0.1, 0.15) is 0 Å². The van der Waals surface area contributed by atoms with Crippen LogP contribution in [0.3, 0.4) is 0 Å². The van der Waals surface area contributed by atoms with Gasteiger partial charge in [-0.05, 0) is 61.7 Å². The number of rotatable bonds is 7. The molecule has 3 aromatic rings. The highest BCUT2D eigenvalue weighted by Crippen LogP contribution is 2.28. The first-order chi connectivity index (χ1) is 14.2. The van der Waals surface area contributed by atoms with Gasteiger partial charge >= 0.3 is 0 Å². The molecule has 3 heterocycles. The monoisotopic (exact) mass is 412 g/mol. The molecule has 0 aliphatic carbocycles. The van der Waals surface area contributed by atoms with Crippen LogP contribution >= 0.6 is 0 Å². The number of nitrogens with one attached hydrogen (secondary N) is 1. The fraction of sp³-hybridized carbons (Fsp3) is 0.350. The van der Waals surface area contributed by atoms with E-state index < -0.39 is 10.9 Å². The van der Waals surface area contributed by atoms with Crippen molar-refractivity contribution >= 4 is 10.9 Å². The normalized spacial score (nSPS) is 15.8. The molecule has 0 saturated carbocycles. The van der Waals surface area contributed by atoms with Gasteiger partial charge in [-0.15, -0.1) is 5.10 Å². The Hall–Kier alpha value is -2.62. The van der Waals surface area contributed by atoms with Crippen molar-refractivity contribution in [3.05, 3.63) is 71.8 Å². The quantitative estimate of drug-likeness (QED) is 0.574. The van der Waals surface area contributed by atoms with Gasteiger partial charge in [-0.3, -0.25) is 9.88 Å². The Bertz CT molecular complexity index is 1000. The van der Waals surface area contributed by atoms with Gasteiger partial charge in [-0.2, -0.15) is 0 Å². The van der Waals surface area contributed by atoms with Crippen LogP contribution in [0.4, 0.5) is 0 Å². The van der Waals surface area contributed by atoms with Crippen molar-refractivity contribution in [1.29, 1.82) is 0 Å². The summed E-state index contributed by atoms with van der Waals surface area (Å²) in [6, 6.07) is 14.0. The molecule has 1 aliphatic rings. The van der Waals surface area contributed by atoms with Crippen LogP contribution in [0.15, 0.2) is 54.9 Å². The minimum Gasteiger partial charge on any atom is -0.297 e. The largest absolute Gasteiger partial charge is 0.297 e. The molecule has 4 rings (SSSR count). The third-order valence-electron chi connectivity index (χ3n) is 5.24. The zero-order chi connectivity index (χ0) is 20.1. The first-order valence-corrected chi connectivity index (χ1v) is 10.9. The molecule has 1 fully saturated rings. The van der Waals surface area contributed by atoms with Crippen LogP contribution in [0.25, 0.3) is 5.69 Å². The van der Waals surface area contributed by atoms with Crippen molar-refractivity contribution in [3.63, 3.8) is 0 Å². The number of para-hydroxylation sites is 1. The Morgan fingerprint density at radius 2 is 1.86 bits per heavy atom. The maximum Gasteiger partial charge on any atom is 0.201 e. The van der Waals surface area contributed by atoms with Crippen molar-refractivity contribution in [3.8, 4) is 5.69 Å². The van der Waals surface area contributed by atoms with Gasteiger partial charge in [0.05, 0.1) is 29.8 Å². The lowest BCUT2D eigenvalue weighted by atomic mass is 9.89. The summed E-state index contributed by atoms with van der Waals surface area (Å²) in [5, 5.41) is 8.55. The van der Waals surface area contributed by atoms with E-state index in [1.165, 1.54) is 5.56 Å². The maximum atomic E-state index is 10.7. The van der Waals surface area contributed by atoms with E-state index >= 15 is 0 Å². The standard InChI is InChI=1S/C20H24N6O2S/c27-29(28)22-13-18-12-17(6-9-21-18)16-7-10-25(11-8-16)14-19-15-26(24-23-19)20-4-2-1-3-5-20/h1-6,9,12,15-16,29H,7-8,10-11,13-14H2,(H,22,27,28). The Morgan fingerprint density at radius 3 is 2.62 bits per heavy atom. The van der Waals surface area contributed by atoms with Crippen molar-refractivity contribution in [2.24, 2.45) is 0 Å². The molecule has 0 unspecified atom stereocenters. The zero-order valence-corrected chi connectivity index (χ0v) is 16.9. The summed E-state index contributed by atoms with van der Waals surface area (Å²) in [7, 11) is -2.60. The van der Waals surface area contributed by atoms with Gasteiger partial charge in [0.2, 0.25) is 10.9 Å². The lowest BCUT2D eigenvalue weighted by molar-refractivity contribution is 0.202. The number of thiol groups is 1. The Balaban J connectivity index is 1.32. The number of nitrogens with zero attached hydrogens (tertiary/aromatic N) is 5. The van der Waals surface area contributed by atoms with Gasteiger partial charge in [-0.1, -0.05) is 23.4 Å². The predicted octanol–water partition coefficient (Wildman–Crippen LogP) is 1.66. The summed E-state index contributed by atoms with van der Waals surface area (Å²) in [5.41, 5.74) is 3.96. The van der Waals surface area contributed by atoms with Gasteiger partial charge in [0, 0.05) is 12.7 Å². The molecule has 8 nitrogen and oxygen atoms in total. The fourth-order valence-electron chi connectivity index (χ4n) is 3.72. The third kappa shape index (κ3) is 5.26. The minimum atomic E-state index is -2.60. The van der Waals surface area contributed by atoms with Gasteiger partial charge < -0.3 is 0 Å². The third-order valence-corrected chi connectivity index (χ3v) is 5.65. The number of likely N-dealkylation sites (tertiary alicyclic amines) is 1. The average molecular weight is 413 g/mol. The molecule has 9 heteroatoms. The molecule has 0 amide bonds. The number of benzene rings is 1. The van der Waals surface area contributed by atoms with Crippen LogP contribution in [-0.2, 0) is 24.0 Å². The molecule has 0 radical (unpaired) electrons. The summed E-state index contributed by atoms with van der Waals surface area (Å²) in [4.78, 5) is 6.65. The summed E-state index contributed by atoms with van der Waals surface area (Å²) >= 11 is 0. The number of pyridine rings is 1. The summed E-state index contributed by atoms with van der Waals surface area (Å²) in [6.45, 7) is 3.01. The highest BCUT2D eigenvalue weighted by atomic mass is 32.2. The van der Waals surface area contributed by atoms with Gasteiger partial charge in [-0.25, -0.2) is 17.8 Å². The highest BCUT2D eigenvalue weighted by molar-refractivity contribution is 7.70. The highest BCUT2D eigenvalue weighted by Gasteiger charge is 2.21. The SMILES string of the molecule is O=[SH](=O)NCc1cc(C2CCN(Cc3cn(-c4ccccc4)nn3)CC2)ccn1. The number of piperidine rings is 1. The van der Waals surface area contributed by atoms with Crippen molar-refractivity contribution in [2.45, 2.75) is 31.8 Å². The van der Waals surface area contributed by atoms with Crippen LogP contribution < -0.4 is 4.72 Å². The first kappa shape index (κ1) is 19.7. The van der Waals surface area contributed by atoms with E-state index in [0.717, 1.165) is 49.6 Å². The second kappa shape index (κ2) is 9.25. The minimum absolute atomic E-state index is 0.239. The number of hydrogen-bond donors (Lipinski definition) is 2. The second-order valence-electron chi connectivity index (χ2n) is 7.21. The van der Waals surface area contributed by atoms with Crippen LogP contribution in [0.5, 0.6) is 0 Å². The van der Waals surface area contributed by atoms with Crippen LogP contribution in [0.2, 0.25) is 0 Å². The van der Waals surface area contributed by atoms with E-state index in [1.807, 2.05) is 53.3 Å². The van der Waals surface area contributed by atoms with Crippen molar-refractivity contribution in [2.75, 3.05) is 13.1 Å².